The van der Waals surface area contributed by atoms with Crippen molar-refractivity contribution in [1.29, 1.82) is 0 Å². The summed E-state index contributed by atoms with van der Waals surface area (Å²) in [7, 11) is 0. The molecule has 0 saturated carbocycles. The first-order valence-corrected chi connectivity index (χ1v) is 8.35. The van der Waals surface area contributed by atoms with Gasteiger partial charge in [0.2, 0.25) is 0 Å². The van der Waals surface area contributed by atoms with Crippen LogP contribution in [0.3, 0.4) is 0 Å². The van der Waals surface area contributed by atoms with Gasteiger partial charge in [-0.05, 0) is 42.7 Å². The van der Waals surface area contributed by atoms with E-state index in [-0.39, 0.29) is 5.91 Å². The van der Waals surface area contributed by atoms with Gasteiger partial charge in [0.15, 0.2) is 5.82 Å². The van der Waals surface area contributed by atoms with Crippen LogP contribution >= 0.6 is 0 Å². The van der Waals surface area contributed by atoms with Gasteiger partial charge >= 0.3 is 0 Å². The maximum atomic E-state index is 12.5. The van der Waals surface area contributed by atoms with E-state index in [9.17, 15) is 4.79 Å². The molecule has 0 fully saturated rings. The molecule has 0 aliphatic rings. The molecular weight excluding hydrogens is 314 g/mol. The summed E-state index contributed by atoms with van der Waals surface area (Å²) < 4.78 is 1.86. The predicted octanol–water partition coefficient (Wildman–Crippen LogP) is 2.99. The third-order valence-electron chi connectivity index (χ3n) is 4.01. The number of hydrogen-bond donors (Lipinski definition) is 1. The number of aromatic nitrogens is 4. The molecule has 0 bridgehead atoms. The Hall–Kier alpha value is -3.02. The zero-order valence-electron chi connectivity index (χ0n) is 14.4. The fourth-order valence-corrected chi connectivity index (χ4v) is 2.64. The summed E-state index contributed by atoms with van der Waals surface area (Å²) >= 11 is 0. The Labute approximate surface area is 146 Å². The first-order chi connectivity index (χ1) is 12.2. The standard InChI is InChI=1S/C19H21N5O/c1-3-9-24-18(22-13-23-24)15-5-4-6-16(10-15)19(25)21-12-17-7-8-20-11-14(17)2/h4-8,10-11,13H,3,9,12H2,1-2H3,(H,21,25). The fourth-order valence-electron chi connectivity index (χ4n) is 2.64. The van der Waals surface area contributed by atoms with Gasteiger partial charge in [-0.25, -0.2) is 9.67 Å². The second kappa shape index (κ2) is 7.70. The van der Waals surface area contributed by atoms with Gasteiger partial charge < -0.3 is 5.32 Å². The van der Waals surface area contributed by atoms with Gasteiger partial charge in [0.1, 0.15) is 6.33 Å². The van der Waals surface area contributed by atoms with Crippen LogP contribution < -0.4 is 5.32 Å². The highest BCUT2D eigenvalue weighted by molar-refractivity contribution is 5.95. The number of amides is 1. The molecule has 0 spiro atoms. The van der Waals surface area contributed by atoms with Crippen molar-refractivity contribution in [2.75, 3.05) is 0 Å². The fraction of sp³-hybridized carbons (Fsp3) is 0.263. The van der Waals surface area contributed by atoms with E-state index in [2.05, 4.69) is 27.3 Å². The highest BCUT2D eigenvalue weighted by atomic mass is 16.1. The summed E-state index contributed by atoms with van der Waals surface area (Å²) in [5.74, 6) is 0.668. The SMILES string of the molecule is CCCn1ncnc1-c1cccc(C(=O)NCc2ccncc2C)c1. The lowest BCUT2D eigenvalue weighted by atomic mass is 10.1. The molecule has 3 aromatic rings. The number of benzene rings is 1. The second-order valence-corrected chi connectivity index (χ2v) is 5.87. The van der Waals surface area contributed by atoms with Crippen molar-refractivity contribution in [2.24, 2.45) is 0 Å². The predicted molar refractivity (Wildman–Crippen MR) is 95.9 cm³/mol. The van der Waals surface area contributed by atoms with Crippen molar-refractivity contribution in [3.8, 4) is 11.4 Å². The minimum Gasteiger partial charge on any atom is -0.348 e. The molecule has 1 amide bonds. The van der Waals surface area contributed by atoms with Crippen LogP contribution in [0.2, 0.25) is 0 Å². The number of pyridine rings is 1. The van der Waals surface area contributed by atoms with Crippen LogP contribution in [-0.4, -0.2) is 25.7 Å². The Kier molecular flexibility index (Phi) is 5.18. The highest BCUT2D eigenvalue weighted by Crippen LogP contribution is 2.18. The molecule has 2 aromatic heterocycles. The van der Waals surface area contributed by atoms with Crippen molar-refractivity contribution in [3.05, 3.63) is 65.7 Å². The van der Waals surface area contributed by atoms with Crippen LogP contribution in [0.5, 0.6) is 0 Å². The number of aryl methyl sites for hydroxylation is 2. The van der Waals surface area contributed by atoms with Gasteiger partial charge in [-0.15, -0.1) is 0 Å². The van der Waals surface area contributed by atoms with E-state index in [0.717, 1.165) is 35.5 Å². The zero-order chi connectivity index (χ0) is 17.6. The van der Waals surface area contributed by atoms with E-state index in [1.165, 1.54) is 0 Å². The molecule has 6 heteroatoms. The van der Waals surface area contributed by atoms with E-state index in [1.54, 1.807) is 24.8 Å². The summed E-state index contributed by atoms with van der Waals surface area (Å²) in [6.45, 7) is 5.35. The van der Waals surface area contributed by atoms with Crippen LogP contribution in [0.4, 0.5) is 0 Å². The molecule has 0 atom stereocenters. The van der Waals surface area contributed by atoms with Crippen LogP contribution in [0.1, 0.15) is 34.8 Å². The molecule has 0 saturated heterocycles. The molecule has 6 nitrogen and oxygen atoms in total. The molecule has 0 aliphatic heterocycles. The van der Waals surface area contributed by atoms with E-state index in [1.807, 2.05) is 35.9 Å². The van der Waals surface area contributed by atoms with Crippen LogP contribution in [0, 0.1) is 6.92 Å². The Bertz CT molecular complexity index is 872. The number of rotatable bonds is 6. The maximum absolute atomic E-state index is 12.5. The number of hydrogen-bond acceptors (Lipinski definition) is 4. The minimum absolute atomic E-state index is 0.111. The van der Waals surface area contributed by atoms with Crippen LogP contribution in [0.15, 0.2) is 49.1 Å². The van der Waals surface area contributed by atoms with Crippen LogP contribution in [0.25, 0.3) is 11.4 Å². The molecule has 1 aromatic carbocycles. The molecule has 1 N–H and O–H groups in total. The van der Waals surface area contributed by atoms with Crippen molar-refractivity contribution in [3.63, 3.8) is 0 Å². The summed E-state index contributed by atoms with van der Waals surface area (Å²) in [5.41, 5.74) is 3.61. The van der Waals surface area contributed by atoms with Crippen molar-refractivity contribution in [2.45, 2.75) is 33.4 Å². The lowest BCUT2D eigenvalue weighted by molar-refractivity contribution is 0.0951. The summed E-state index contributed by atoms with van der Waals surface area (Å²) in [6, 6.07) is 9.38. The van der Waals surface area contributed by atoms with Gasteiger partial charge in [-0.1, -0.05) is 19.1 Å². The van der Waals surface area contributed by atoms with E-state index in [4.69, 9.17) is 0 Å². The first-order valence-electron chi connectivity index (χ1n) is 8.35. The number of carbonyl (C=O) groups is 1. The summed E-state index contributed by atoms with van der Waals surface area (Å²) in [6.07, 6.45) is 6.05. The summed E-state index contributed by atoms with van der Waals surface area (Å²) in [4.78, 5) is 20.9. The average Bonchev–Trinajstić information content (AvgIpc) is 3.09. The van der Waals surface area contributed by atoms with E-state index >= 15 is 0 Å². The monoisotopic (exact) mass is 335 g/mol. The minimum atomic E-state index is -0.111. The molecule has 2 heterocycles. The number of nitrogens with zero attached hydrogens (tertiary/aromatic N) is 4. The van der Waals surface area contributed by atoms with E-state index in [0.29, 0.717) is 12.1 Å². The van der Waals surface area contributed by atoms with Crippen molar-refractivity contribution >= 4 is 5.91 Å². The molecule has 0 aliphatic carbocycles. The average molecular weight is 335 g/mol. The topological polar surface area (TPSA) is 72.7 Å². The van der Waals surface area contributed by atoms with Gasteiger partial charge in [0.25, 0.3) is 5.91 Å². The quantitative estimate of drug-likeness (QED) is 0.751. The van der Waals surface area contributed by atoms with Crippen molar-refractivity contribution < 1.29 is 4.79 Å². The normalized spacial score (nSPS) is 10.6. The van der Waals surface area contributed by atoms with Crippen molar-refractivity contribution in [1.82, 2.24) is 25.1 Å². The highest BCUT2D eigenvalue weighted by Gasteiger charge is 2.11. The third-order valence-corrected chi connectivity index (χ3v) is 4.01. The largest absolute Gasteiger partial charge is 0.348 e. The zero-order valence-corrected chi connectivity index (χ0v) is 14.4. The summed E-state index contributed by atoms with van der Waals surface area (Å²) in [5, 5.41) is 7.20. The Morgan fingerprint density at radius 2 is 2.16 bits per heavy atom. The molecular formula is C19H21N5O. The maximum Gasteiger partial charge on any atom is 0.251 e. The van der Waals surface area contributed by atoms with Crippen LogP contribution in [-0.2, 0) is 13.1 Å². The number of carbonyl (C=O) groups excluding carboxylic acids is 1. The molecule has 25 heavy (non-hydrogen) atoms. The molecule has 3 rings (SSSR count). The van der Waals surface area contributed by atoms with Gasteiger partial charge in [0.05, 0.1) is 0 Å². The number of nitrogens with one attached hydrogen (secondary N) is 1. The van der Waals surface area contributed by atoms with Gasteiger partial charge in [0, 0.05) is 36.6 Å². The Balaban J connectivity index is 1.76. The molecule has 128 valence electrons. The molecule has 0 unspecified atom stereocenters. The smallest absolute Gasteiger partial charge is 0.251 e. The Morgan fingerprint density at radius 1 is 1.28 bits per heavy atom. The Morgan fingerprint density at radius 3 is 2.96 bits per heavy atom. The first kappa shape index (κ1) is 16.8. The van der Waals surface area contributed by atoms with Gasteiger partial charge in [-0.2, -0.15) is 5.10 Å². The molecule has 0 radical (unpaired) electrons. The third kappa shape index (κ3) is 3.91. The van der Waals surface area contributed by atoms with E-state index < -0.39 is 0 Å². The second-order valence-electron chi connectivity index (χ2n) is 5.87. The lowest BCUT2D eigenvalue weighted by Crippen LogP contribution is -2.23. The lowest BCUT2D eigenvalue weighted by Gasteiger charge is -2.09. The van der Waals surface area contributed by atoms with Gasteiger partial charge in [-0.3, -0.25) is 9.78 Å².